The summed E-state index contributed by atoms with van der Waals surface area (Å²) in [6, 6.07) is 4.55. The average Bonchev–Trinajstić information content (AvgIpc) is 2.37. The summed E-state index contributed by atoms with van der Waals surface area (Å²) < 4.78 is 5.04. The van der Waals surface area contributed by atoms with Crippen LogP contribution in [0.25, 0.3) is 0 Å². The number of methoxy groups -OCH3 is 1. The highest BCUT2D eigenvalue weighted by atomic mass is 16.6. The second-order valence-electron chi connectivity index (χ2n) is 4.12. The molecule has 0 bridgehead atoms. The van der Waals surface area contributed by atoms with E-state index in [-0.39, 0.29) is 5.69 Å². The number of hydrogen-bond acceptors (Lipinski definition) is 6. The van der Waals surface area contributed by atoms with Crippen molar-refractivity contribution in [2.24, 2.45) is 0 Å². The van der Waals surface area contributed by atoms with Crippen molar-refractivity contribution in [1.82, 2.24) is 5.32 Å². The monoisotopic (exact) mass is 269 g/mol. The fraction of sp³-hybridized carbons (Fsp3) is 0.500. The van der Waals surface area contributed by atoms with E-state index in [9.17, 15) is 10.1 Å². The van der Waals surface area contributed by atoms with Crippen LogP contribution in [0, 0.1) is 10.1 Å². The molecular weight excluding hydrogens is 250 g/mol. The minimum absolute atomic E-state index is 0.0105. The Labute approximate surface area is 111 Å². The molecule has 1 aromatic carbocycles. The Morgan fingerprint density at radius 1 is 1.47 bits per heavy atom. The van der Waals surface area contributed by atoms with Gasteiger partial charge in [0.2, 0.25) is 0 Å². The largest absolute Gasteiger partial charge is 0.497 e. The Morgan fingerprint density at radius 2 is 2.21 bits per heavy atom. The first-order valence-corrected chi connectivity index (χ1v) is 5.99. The number of ether oxygens (including phenoxy) is 1. The van der Waals surface area contributed by atoms with E-state index in [1.807, 2.05) is 0 Å². The zero-order valence-corrected chi connectivity index (χ0v) is 11.0. The molecule has 0 fully saturated rings. The van der Waals surface area contributed by atoms with E-state index < -0.39 is 11.0 Å². The lowest BCUT2D eigenvalue weighted by Gasteiger charge is -2.10. The van der Waals surface area contributed by atoms with Crippen LogP contribution in [0.5, 0.6) is 5.75 Å². The molecule has 0 aliphatic carbocycles. The zero-order chi connectivity index (χ0) is 14.3. The van der Waals surface area contributed by atoms with E-state index >= 15 is 0 Å². The molecule has 0 spiro atoms. The maximum absolute atomic E-state index is 10.9. The van der Waals surface area contributed by atoms with Crippen molar-refractivity contribution in [1.29, 1.82) is 0 Å². The predicted molar refractivity (Wildman–Crippen MR) is 72.7 cm³/mol. The first-order chi connectivity index (χ1) is 9.04. The van der Waals surface area contributed by atoms with Crippen molar-refractivity contribution >= 4 is 11.4 Å². The van der Waals surface area contributed by atoms with E-state index in [1.54, 1.807) is 19.1 Å². The number of nitro groups is 1. The lowest BCUT2D eigenvalue weighted by atomic mass is 10.2. The van der Waals surface area contributed by atoms with Crippen molar-refractivity contribution in [3.63, 3.8) is 0 Å². The topological polar surface area (TPSA) is 96.7 Å². The van der Waals surface area contributed by atoms with Crippen LogP contribution in [-0.2, 0) is 0 Å². The van der Waals surface area contributed by atoms with E-state index in [4.69, 9.17) is 9.84 Å². The number of aliphatic hydroxyl groups excluding tert-OH is 1. The third-order valence-electron chi connectivity index (χ3n) is 2.46. The van der Waals surface area contributed by atoms with Crippen LogP contribution in [0.3, 0.4) is 0 Å². The zero-order valence-electron chi connectivity index (χ0n) is 11.0. The van der Waals surface area contributed by atoms with Gasteiger partial charge in [0.25, 0.3) is 5.69 Å². The number of benzene rings is 1. The van der Waals surface area contributed by atoms with Gasteiger partial charge in [-0.2, -0.15) is 0 Å². The van der Waals surface area contributed by atoms with Gasteiger partial charge in [0, 0.05) is 31.8 Å². The van der Waals surface area contributed by atoms with Crippen molar-refractivity contribution in [2.45, 2.75) is 13.0 Å². The molecule has 19 heavy (non-hydrogen) atoms. The molecule has 7 nitrogen and oxygen atoms in total. The van der Waals surface area contributed by atoms with Gasteiger partial charge in [0.05, 0.1) is 18.1 Å². The maximum atomic E-state index is 10.9. The molecular formula is C12H19N3O4. The molecule has 0 amide bonds. The lowest BCUT2D eigenvalue weighted by molar-refractivity contribution is -0.384. The van der Waals surface area contributed by atoms with Crippen LogP contribution in [-0.4, -0.2) is 42.9 Å². The van der Waals surface area contributed by atoms with Gasteiger partial charge < -0.3 is 20.5 Å². The minimum Gasteiger partial charge on any atom is -0.497 e. The molecule has 0 aromatic heterocycles. The summed E-state index contributed by atoms with van der Waals surface area (Å²) in [5.74, 6) is 0.560. The quantitative estimate of drug-likeness (QED) is 0.370. The Kier molecular flexibility index (Phi) is 6.04. The molecule has 3 N–H and O–H groups in total. The molecule has 1 atom stereocenters. The number of nitrogens with one attached hydrogen (secondary N) is 2. The summed E-state index contributed by atoms with van der Waals surface area (Å²) in [5.41, 5.74) is 0.430. The fourth-order valence-electron chi connectivity index (χ4n) is 1.54. The highest BCUT2D eigenvalue weighted by Gasteiger charge is 2.13. The normalized spacial score (nSPS) is 11.9. The van der Waals surface area contributed by atoms with Gasteiger partial charge in [-0.3, -0.25) is 10.1 Å². The molecule has 0 heterocycles. The van der Waals surface area contributed by atoms with Gasteiger partial charge in [-0.1, -0.05) is 0 Å². The van der Waals surface area contributed by atoms with Gasteiger partial charge in [-0.15, -0.1) is 0 Å². The Hall–Kier alpha value is -1.86. The second kappa shape index (κ2) is 7.55. The second-order valence-corrected chi connectivity index (χ2v) is 4.12. The number of hydrogen-bond donors (Lipinski definition) is 3. The van der Waals surface area contributed by atoms with Crippen LogP contribution in [0.15, 0.2) is 18.2 Å². The van der Waals surface area contributed by atoms with Gasteiger partial charge in [-0.25, -0.2) is 0 Å². The van der Waals surface area contributed by atoms with Crippen LogP contribution in [0.4, 0.5) is 11.4 Å². The summed E-state index contributed by atoms with van der Waals surface area (Å²) in [6.07, 6.45) is -0.411. The molecule has 0 saturated heterocycles. The van der Waals surface area contributed by atoms with Gasteiger partial charge >= 0.3 is 0 Å². The van der Waals surface area contributed by atoms with Crippen LogP contribution >= 0.6 is 0 Å². The third kappa shape index (κ3) is 5.11. The number of anilines is 1. The first-order valence-electron chi connectivity index (χ1n) is 5.99. The van der Waals surface area contributed by atoms with Crippen molar-refractivity contribution < 1.29 is 14.8 Å². The molecule has 106 valence electrons. The summed E-state index contributed by atoms with van der Waals surface area (Å²) >= 11 is 0. The van der Waals surface area contributed by atoms with Gasteiger partial charge in [0.1, 0.15) is 11.4 Å². The lowest BCUT2D eigenvalue weighted by Crippen LogP contribution is -2.29. The van der Waals surface area contributed by atoms with Crippen LogP contribution in [0.2, 0.25) is 0 Å². The van der Waals surface area contributed by atoms with E-state index in [0.29, 0.717) is 31.1 Å². The van der Waals surface area contributed by atoms with Crippen LogP contribution < -0.4 is 15.4 Å². The minimum atomic E-state index is -0.439. The van der Waals surface area contributed by atoms with E-state index in [0.717, 1.165) is 0 Å². The molecule has 0 radical (unpaired) electrons. The number of rotatable bonds is 8. The predicted octanol–water partition coefficient (Wildman–Crippen LogP) is 0.986. The smallest absolute Gasteiger partial charge is 0.292 e. The molecule has 1 unspecified atom stereocenters. The number of nitrogens with zero attached hydrogens (tertiary/aromatic N) is 1. The van der Waals surface area contributed by atoms with Gasteiger partial charge in [-0.05, 0) is 13.0 Å². The maximum Gasteiger partial charge on any atom is 0.292 e. The molecule has 1 rings (SSSR count). The Morgan fingerprint density at radius 3 is 2.79 bits per heavy atom. The number of aliphatic hydroxyl groups is 1. The van der Waals surface area contributed by atoms with Gasteiger partial charge in [0.15, 0.2) is 0 Å². The van der Waals surface area contributed by atoms with Crippen LogP contribution in [0.1, 0.15) is 6.92 Å². The number of nitro benzene ring substituents is 1. The SMILES string of the molecule is COc1ccc([N+](=O)[O-])c(NCCNCC(C)O)c1. The van der Waals surface area contributed by atoms with E-state index in [2.05, 4.69) is 10.6 Å². The molecule has 1 aromatic rings. The highest BCUT2D eigenvalue weighted by Crippen LogP contribution is 2.28. The highest BCUT2D eigenvalue weighted by molar-refractivity contribution is 5.64. The fourth-order valence-corrected chi connectivity index (χ4v) is 1.54. The molecule has 0 aliphatic heterocycles. The molecule has 0 saturated carbocycles. The first kappa shape index (κ1) is 15.2. The Balaban J connectivity index is 2.57. The Bertz CT molecular complexity index is 423. The van der Waals surface area contributed by atoms with E-state index in [1.165, 1.54) is 13.2 Å². The average molecular weight is 269 g/mol. The summed E-state index contributed by atoms with van der Waals surface area (Å²) in [5, 5.41) is 25.9. The summed E-state index contributed by atoms with van der Waals surface area (Å²) in [4.78, 5) is 10.4. The molecule has 7 heteroatoms. The third-order valence-corrected chi connectivity index (χ3v) is 2.46. The standard InChI is InChI=1S/C12H19N3O4/c1-9(16)8-13-5-6-14-11-7-10(19-2)3-4-12(11)15(17)18/h3-4,7,9,13-14,16H,5-6,8H2,1-2H3. The van der Waals surface area contributed by atoms with Crippen molar-refractivity contribution in [3.8, 4) is 5.75 Å². The van der Waals surface area contributed by atoms with Crippen molar-refractivity contribution in [3.05, 3.63) is 28.3 Å². The molecule has 0 aliphatic rings. The van der Waals surface area contributed by atoms with Crippen molar-refractivity contribution in [2.75, 3.05) is 32.1 Å². The summed E-state index contributed by atoms with van der Waals surface area (Å²) in [7, 11) is 1.51. The summed E-state index contributed by atoms with van der Waals surface area (Å²) in [6.45, 7) is 3.29.